The minimum atomic E-state index is 0.0362. The maximum atomic E-state index is 13.2. The number of nitrogens with one attached hydrogen (secondary N) is 1. The minimum Gasteiger partial charge on any atom is -0.347 e. The summed E-state index contributed by atoms with van der Waals surface area (Å²) in [5.41, 5.74) is 3.07. The molecule has 0 radical (unpaired) electrons. The molecule has 0 bridgehead atoms. The lowest BCUT2D eigenvalue weighted by atomic mass is 9.76. The maximum Gasteiger partial charge on any atom is 0.251 e. The van der Waals surface area contributed by atoms with Crippen molar-refractivity contribution in [2.24, 2.45) is 5.92 Å². The third-order valence-corrected chi connectivity index (χ3v) is 6.29. The highest BCUT2D eigenvalue weighted by molar-refractivity contribution is 5.96. The van der Waals surface area contributed by atoms with Crippen molar-refractivity contribution >= 4 is 5.91 Å². The predicted octanol–water partition coefficient (Wildman–Crippen LogP) is 4.41. The lowest BCUT2D eigenvalue weighted by Crippen LogP contribution is -2.61. The zero-order chi connectivity index (χ0) is 18.7. The highest BCUT2D eigenvalue weighted by atomic mass is 16.1. The van der Waals surface area contributed by atoms with E-state index in [1.807, 2.05) is 19.1 Å². The Morgan fingerprint density at radius 2 is 1.92 bits per heavy atom. The zero-order valence-electron chi connectivity index (χ0n) is 16.6. The lowest BCUT2D eigenvalue weighted by molar-refractivity contribution is 0.0669. The predicted molar refractivity (Wildman–Crippen MR) is 108 cm³/mol. The van der Waals surface area contributed by atoms with Gasteiger partial charge in [0.2, 0.25) is 0 Å². The van der Waals surface area contributed by atoms with Crippen LogP contribution in [0.2, 0.25) is 0 Å². The fraction of sp³-hybridized carbons (Fsp3) is 0.522. The molecule has 2 atom stereocenters. The summed E-state index contributed by atoms with van der Waals surface area (Å²) < 4.78 is 0. The molecule has 1 aromatic carbocycles. The molecule has 1 amide bonds. The van der Waals surface area contributed by atoms with E-state index in [-0.39, 0.29) is 17.5 Å². The standard InChI is InChI=1S/C23H32N2O/c1-17-12-13-20(18(2)16-17)22(26)24-21(19-10-6-5-7-11-19)23(25(3)4)14-8-9-15-23/h5-7,10,12-13,16,19,21H,8-9,11,14-15H2,1-4H3,(H,24,26). The average molecular weight is 353 g/mol. The summed E-state index contributed by atoms with van der Waals surface area (Å²) in [4.78, 5) is 15.5. The van der Waals surface area contributed by atoms with Crippen LogP contribution in [0.25, 0.3) is 0 Å². The highest BCUT2D eigenvalue weighted by Crippen LogP contribution is 2.41. The lowest BCUT2D eigenvalue weighted by Gasteiger charge is -2.46. The van der Waals surface area contributed by atoms with Crippen LogP contribution >= 0.6 is 0 Å². The number of rotatable bonds is 5. The Morgan fingerprint density at radius 1 is 1.19 bits per heavy atom. The molecular weight excluding hydrogens is 320 g/mol. The summed E-state index contributed by atoms with van der Waals surface area (Å²) in [7, 11) is 4.34. The molecule has 2 aliphatic rings. The molecule has 3 rings (SSSR count). The molecule has 26 heavy (non-hydrogen) atoms. The number of benzene rings is 1. The number of carbonyl (C=O) groups is 1. The van der Waals surface area contributed by atoms with Gasteiger partial charge >= 0.3 is 0 Å². The van der Waals surface area contributed by atoms with Gasteiger partial charge in [-0.25, -0.2) is 0 Å². The molecule has 0 saturated heterocycles. The van der Waals surface area contributed by atoms with Crippen LogP contribution in [0.4, 0.5) is 0 Å². The molecule has 0 heterocycles. The fourth-order valence-electron chi connectivity index (χ4n) is 4.80. The van der Waals surface area contributed by atoms with Crippen molar-refractivity contribution in [1.82, 2.24) is 10.2 Å². The van der Waals surface area contributed by atoms with Gasteiger partial charge in [-0.2, -0.15) is 0 Å². The van der Waals surface area contributed by atoms with Crippen LogP contribution in [-0.4, -0.2) is 36.5 Å². The van der Waals surface area contributed by atoms with Crippen molar-refractivity contribution in [2.45, 2.75) is 57.5 Å². The Balaban J connectivity index is 1.91. The molecule has 1 aromatic rings. The van der Waals surface area contributed by atoms with E-state index in [0.29, 0.717) is 5.92 Å². The van der Waals surface area contributed by atoms with Gasteiger partial charge in [-0.3, -0.25) is 4.79 Å². The Morgan fingerprint density at radius 3 is 2.50 bits per heavy atom. The van der Waals surface area contributed by atoms with E-state index in [2.05, 4.69) is 61.6 Å². The van der Waals surface area contributed by atoms with Crippen molar-refractivity contribution < 1.29 is 4.79 Å². The first-order chi connectivity index (χ1) is 12.4. The SMILES string of the molecule is Cc1ccc(C(=O)NC(C2C=CC=CC2)C2(N(C)C)CCCC2)c(C)c1. The summed E-state index contributed by atoms with van der Waals surface area (Å²) in [6.45, 7) is 4.09. The molecule has 2 aliphatic carbocycles. The molecule has 3 heteroatoms. The maximum absolute atomic E-state index is 13.2. The van der Waals surface area contributed by atoms with Gasteiger partial charge in [0.25, 0.3) is 5.91 Å². The van der Waals surface area contributed by atoms with E-state index < -0.39 is 0 Å². The molecular formula is C23H32N2O. The normalized spacial score (nSPS) is 22.6. The Kier molecular flexibility index (Phi) is 5.67. The van der Waals surface area contributed by atoms with Gasteiger partial charge < -0.3 is 10.2 Å². The average Bonchev–Trinajstić information content (AvgIpc) is 3.11. The molecule has 2 unspecified atom stereocenters. The van der Waals surface area contributed by atoms with E-state index in [0.717, 1.165) is 30.4 Å². The molecule has 0 aromatic heterocycles. The smallest absolute Gasteiger partial charge is 0.251 e. The number of likely N-dealkylation sites (N-methyl/N-ethyl adjacent to an activating group) is 1. The monoisotopic (exact) mass is 352 g/mol. The zero-order valence-corrected chi connectivity index (χ0v) is 16.6. The van der Waals surface area contributed by atoms with Gasteiger partial charge in [-0.1, -0.05) is 54.8 Å². The van der Waals surface area contributed by atoms with Crippen LogP contribution in [0.5, 0.6) is 0 Å². The van der Waals surface area contributed by atoms with Crippen LogP contribution in [0, 0.1) is 19.8 Å². The summed E-state index contributed by atoms with van der Waals surface area (Å²) in [6, 6.07) is 6.20. The largest absolute Gasteiger partial charge is 0.347 e. The molecule has 0 aliphatic heterocycles. The summed E-state index contributed by atoms with van der Waals surface area (Å²) in [6.07, 6.45) is 14.5. The van der Waals surface area contributed by atoms with Crippen LogP contribution in [-0.2, 0) is 0 Å². The van der Waals surface area contributed by atoms with Gasteiger partial charge in [0.05, 0.1) is 6.04 Å². The van der Waals surface area contributed by atoms with Gasteiger partial charge in [0.15, 0.2) is 0 Å². The number of amides is 1. The topological polar surface area (TPSA) is 32.3 Å². The first-order valence-corrected chi connectivity index (χ1v) is 9.83. The van der Waals surface area contributed by atoms with Crippen molar-refractivity contribution in [3.63, 3.8) is 0 Å². The van der Waals surface area contributed by atoms with E-state index in [1.165, 1.54) is 18.4 Å². The van der Waals surface area contributed by atoms with E-state index in [9.17, 15) is 4.79 Å². The van der Waals surface area contributed by atoms with E-state index in [1.54, 1.807) is 0 Å². The number of aryl methyl sites for hydroxylation is 2. The first-order valence-electron chi connectivity index (χ1n) is 9.83. The molecule has 1 saturated carbocycles. The first kappa shape index (κ1) is 18.9. The Bertz CT molecular complexity index is 711. The number of hydrogen-bond donors (Lipinski definition) is 1. The molecule has 1 N–H and O–H groups in total. The van der Waals surface area contributed by atoms with Gasteiger partial charge in [0.1, 0.15) is 0 Å². The van der Waals surface area contributed by atoms with Gasteiger partial charge in [-0.05, 0) is 58.8 Å². The van der Waals surface area contributed by atoms with Crippen molar-refractivity contribution in [3.8, 4) is 0 Å². The number of allylic oxidation sites excluding steroid dienone is 3. The highest BCUT2D eigenvalue weighted by Gasteiger charge is 2.46. The Hall–Kier alpha value is -1.87. The van der Waals surface area contributed by atoms with Gasteiger partial charge in [-0.15, -0.1) is 0 Å². The van der Waals surface area contributed by atoms with Crippen LogP contribution in [0.1, 0.15) is 53.6 Å². The van der Waals surface area contributed by atoms with Crippen molar-refractivity contribution in [3.05, 3.63) is 59.2 Å². The summed E-state index contributed by atoms with van der Waals surface area (Å²) >= 11 is 0. The van der Waals surface area contributed by atoms with Crippen LogP contribution in [0.15, 0.2) is 42.5 Å². The van der Waals surface area contributed by atoms with Crippen molar-refractivity contribution in [2.75, 3.05) is 14.1 Å². The molecule has 1 fully saturated rings. The second-order valence-electron chi connectivity index (χ2n) is 8.19. The quantitative estimate of drug-likeness (QED) is 0.851. The van der Waals surface area contributed by atoms with Crippen LogP contribution < -0.4 is 5.32 Å². The number of hydrogen-bond acceptors (Lipinski definition) is 2. The summed E-state index contributed by atoms with van der Waals surface area (Å²) in [5.74, 6) is 0.402. The molecule has 0 spiro atoms. The molecule has 3 nitrogen and oxygen atoms in total. The summed E-state index contributed by atoms with van der Waals surface area (Å²) in [5, 5.41) is 3.46. The third-order valence-electron chi connectivity index (χ3n) is 6.29. The number of nitrogens with zero attached hydrogens (tertiary/aromatic N) is 1. The van der Waals surface area contributed by atoms with Crippen molar-refractivity contribution in [1.29, 1.82) is 0 Å². The second-order valence-corrected chi connectivity index (χ2v) is 8.19. The van der Waals surface area contributed by atoms with E-state index in [4.69, 9.17) is 0 Å². The molecule has 140 valence electrons. The fourth-order valence-corrected chi connectivity index (χ4v) is 4.80. The third kappa shape index (κ3) is 3.64. The van der Waals surface area contributed by atoms with Gasteiger partial charge in [0, 0.05) is 17.0 Å². The Labute approximate surface area is 158 Å². The van der Waals surface area contributed by atoms with Crippen LogP contribution in [0.3, 0.4) is 0 Å². The minimum absolute atomic E-state index is 0.0362. The second kappa shape index (κ2) is 7.79. The number of carbonyl (C=O) groups excluding carboxylic acids is 1. The van der Waals surface area contributed by atoms with E-state index >= 15 is 0 Å².